The van der Waals surface area contributed by atoms with Crippen LogP contribution in [-0.4, -0.2) is 37.2 Å². The average molecular weight is 909 g/mol. The minimum Gasteiger partial charge on any atom is -0.462 e. The van der Waals surface area contributed by atoms with E-state index in [1.54, 1.807) is 0 Å². The van der Waals surface area contributed by atoms with Gasteiger partial charge in [0.15, 0.2) is 6.10 Å². The zero-order valence-electron chi connectivity index (χ0n) is 43.0. The van der Waals surface area contributed by atoms with Crippen LogP contribution in [0.1, 0.15) is 278 Å². The number of esters is 3. The average Bonchev–Trinajstić information content (AvgIpc) is 3.30. The van der Waals surface area contributed by atoms with Gasteiger partial charge < -0.3 is 14.2 Å². The van der Waals surface area contributed by atoms with E-state index in [9.17, 15) is 14.4 Å². The minimum atomic E-state index is -0.790. The van der Waals surface area contributed by atoms with E-state index < -0.39 is 6.10 Å². The van der Waals surface area contributed by atoms with Gasteiger partial charge in [0, 0.05) is 19.3 Å². The third-order valence-electron chi connectivity index (χ3n) is 12.0. The molecule has 0 bridgehead atoms. The van der Waals surface area contributed by atoms with Crippen LogP contribution in [0.25, 0.3) is 0 Å². The molecule has 0 aromatic rings. The summed E-state index contributed by atoms with van der Waals surface area (Å²) in [4.78, 5) is 38.1. The van der Waals surface area contributed by atoms with Crippen LogP contribution in [0.4, 0.5) is 0 Å². The molecule has 0 rings (SSSR count). The van der Waals surface area contributed by atoms with Gasteiger partial charge in [0.05, 0.1) is 0 Å². The third-order valence-corrected chi connectivity index (χ3v) is 12.0. The summed E-state index contributed by atoms with van der Waals surface area (Å²) in [7, 11) is 0. The molecule has 0 fully saturated rings. The summed E-state index contributed by atoms with van der Waals surface area (Å²) in [5.41, 5.74) is 0. The first-order valence-corrected chi connectivity index (χ1v) is 27.8. The van der Waals surface area contributed by atoms with Crippen molar-refractivity contribution < 1.29 is 28.6 Å². The van der Waals surface area contributed by atoms with E-state index in [-0.39, 0.29) is 31.1 Å². The number of hydrogen-bond acceptors (Lipinski definition) is 6. The number of ether oxygens (including phenoxy) is 3. The summed E-state index contributed by atoms with van der Waals surface area (Å²) in [5.74, 6) is -0.916. The van der Waals surface area contributed by atoms with Crippen molar-refractivity contribution in [2.24, 2.45) is 0 Å². The standard InChI is InChI=1S/C59H104O6/c1-4-7-10-13-16-19-22-25-28-31-34-37-40-43-46-49-52-58(61)64-55-56(54-63-57(60)51-48-45-42-39-36-33-30-27-24-21-18-15-12-9-6-3)65-59(62)53-50-47-44-41-38-35-32-29-26-23-20-17-14-11-8-5-2/h18-19,21-22,27-32,56H,4-17,20,23-26,33-55H2,1-3H3/b21-18-,22-19-,30-27-,31-28-,32-29-. The summed E-state index contributed by atoms with van der Waals surface area (Å²) in [5, 5.41) is 0. The molecular formula is C59H104O6. The zero-order valence-corrected chi connectivity index (χ0v) is 43.0. The first-order valence-electron chi connectivity index (χ1n) is 27.8. The van der Waals surface area contributed by atoms with Gasteiger partial charge in [-0.3, -0.25) is 14.4 Å². The van der Waals surface area contributed by atoms with E-state index >= 15 is 0 Å². The molecule has 376 valence electrons. The summed E-state index contributed by atoms with van der Waals surface area (Å²) in [6, 6.07) is 0. The van der Waals surface area contributed by atoms with Crippen molar-refractivity contribution >= 4 is 17.9 Å². The Morgan fingerprint density at radius 2 is 0.554 bits per heavy atom. The molecule has 1 unspecified atom stereocenters. The lowest BCUT2D eigenvalue weighted by molar-refractivity contribution is -0.167. The fourth-order valence-electron chi connectivity index (χ4n) is 7.73. The number of allylic oxidation sites excluding steroid dienone is 10. The van der Waals surface area contributed by atoms with Crippen LogP contribution in [0, 0.1) is 0 Å². The molecule has 0 aliphatic carbocycles. The number of unbranched alkanes of at least 4 members (excludes halogenated alkanes) is 29. The van der Waals surface area contributed by atoms with Crippen LogP contribution in [0.15, 0.2) is 60.8 Å². The number of carbonyl (C=O) groups excluding carboxylic acids is 3. The molecule has 1 atom stereocenters. The van der Waals surface area contributed by atoms with Crippen molar-refractivity contribution in [3.8, 4) is 0 Å². The molecule has 0 amide bonds. The van der Waals surface area contributed by atoms with Gasteiger partial charge >= 0.3 is 17.9 Å². The second-order valence-electron chi connectivity index (χ2n) is 18.5. The molecule has 0 aromatic carbocycles. The maximum atomic E-state index is 12.8. The highest BCUT2D eigenvalue weighted by molar-refractivity contribution is 5.71. The van der Waals surface area contributed by atoms with Crippen molar-refractivity contribution in [3.63, 3.8) is 0 Å². The first kappa shape index (κ1) is 62.1. The number of rotatable bonds is 50. The van der Waals surface area contributed by atoms with Crippen molar-refractivity contribution in [2.45, 2.75) is 284 Å². The van der Waals surface area contributed by atoms with E-state index in [4.69, 9.17) is 14.2 Å². The van der Waals surface area contributed by atoms with Crippen molar-refractivity contribution in [2.75, 3.05) is 13.2 Å². The Kier molecular flexibility index (Phi) is 51.3. The number of carbonyl (C=O) groups is 3. The van der Waals surface area contributed by atoms with Gasteiger partial charge in [0.25, 0.3) is 0 Å². The van der Waals surface area contributed by atoms with E-state index in [1.807, 2.05) is 0 Å². The molecule has 0 radical (unpaired) electrons. The lowest BCUT2D eigenvalue weighted by Crippen LogP contribution is -2.30. The fraction of sp³-hybridized carbons (Fsp3) is 0.780. The molecule has 65 heavy (non-hydrogen) atoms. The summed E-state index contributed by atoms with van der Waals surface area (Å²) < 4.78 is 16.8. The molecular weight excluding hydrogens is 805 g/mol. The second kappa shape index (κ2) is 53.7. The van der Waals surface area contributed by atoms with Gasteiger partial charge in [-0.1, -0.05) is 210 Å². The topological polar surface area (TPSA) is 78.9 Å². The highest BCUT2D eigenvalue weighted by Gasteiger charge is 2.19. The van der Waals surface area contributed by atoms with Gasteiger partial charge in [-0.2, -0.15) is 0 Å². The summed E-state index contributed by atoms with van der Waals surface area (Å²) in [6.45, 7) is 6.58. The van der Waals surface area contributed by atoms with Crippen LogP contribution in [0.2, 0.25) is 0 Å². The molecule has 0 aromatic heterocycles. The minimum absolute atomic E-state index is 0.0889. The van der Waals surface area contributed by atoms with Crippen LogP contribution in [0.5, 0.6) is 0 Å². The SMILES string of the molecule is CCCCC/C=C\C/C=C\CCCCCCCC(=O)OCC(COC(=O)CCCCCCC/C=C\C/C=C\CCCCCC)OC(=O)CCCCCCC/C=C\CCCCCCCCC. The first-order chi connectivity index (χ1) is 32.0. The van der Waals surface area contributed by atoms with Gasteiger partial charge in [0.1, 0.15) is 13.2 Å². The predicted molar refractivity (Wildman–Crippen MR) is 279 cm³/mol. The van der Waals surface area contributed by atoms with E-state index in [0.717, 1.165) is 109 Å². The van der Waals surface area contributed by atoms with Crippen LogP contribution in [0.3, 0.4) is 0 Å². The second-order valence-corrected chi connectivity index (χ2v) is 18.5. The highest BCUT2D eigenvalue weighted by Crippen LogP contribution is 2.14. The van der Waals surface area contributed by atoms with Gasteiger partial charge in [0.2, 0.25) is 0 Å². The largest absolute Gasteiger partial charge is 0.462 e. The quantitative estimate of drug-likeness (QED) is 0.0262. The third kappa shape index (κ3) is 51.9. The highest BCUT2D eigenvalue weighted by atomic mass is 16.6. The Bertz CT molecular complexity index is 1180. The maximum absolute atomic E-state index is 12.8. The van der Waals surface area contributed by atoms with E-state index in [0.29, 0.717) is 19.3 Å². The monoisotopic (exact) mass is 909 g/mol. The lowest BCUT2D eigenvalue weighted by atomic mass is 10.1. The molecule has 0 aliphatic heterocycles. The fourth-order valence-corrected chi connectivity index (χ4v) is 7.73. The lowest BCUT2D eigenvalue weighted by Gasteiger charge is -2.18. The molecule has 6 nitrogen and oxygen atoms in total. The Hall–Kier alpha value is -2.89. The molecule has 0 heterocycles. The Labute approximate surface area is 402 Å². The summed E-state index contributed by atoms with van der Waals surface area (Å²) in [6.07, 6.45) is 66.3. The molecule has 0 saturated carbocycles. The Morgan fingerprint density at radius 1 is 0.308 bits per heavy atom. The van der Waals surface area contributed by atoms with Gasteiger partial charge in [-0.25, -0.2) is 0 Å². The van der Waals surface area contributed by atoms with E-state index in [1.165, 1.54) is 128 Å². The van der Waals surface area contributed by atoms with Gasteiger partial charge in [-0.05, 0) is 109 Å². The Morgan fingerprint density at radius 3 is 0.908 bits per heavy atom. The predicted octanol–water partition coefficient (Wildman–Crippen LogP) is 18.4. The van der Waals surface area contributed by atoms with Crippen molar-refractivity contribution in [1.82, 2.24) is 0 Å². The van der Waals surface area contributed by atoms with E-state index in [2.05, 4.69) is 81.5 Å². The summed E-state index contributed by atoms with van der Waals surface area (Å²) >= 11 is 0. The van der Waals surface area contributed by atoms with Gasteiger partial charge in [-0.15, -0.1) is 0 Å². The smallest absolute Gasteiger partial charge is 0.306 e. The Balaban J connectivity index is 4.43. The van der Waals surface area contributed by atoms with Crippen LogP contribution < -0.4 is 0 Å². The molecule has 0 N–H and O–H groups in total. The molecule has 0 aliphatic rings. The van der Waals surface area contributed by atoms with Crippen molar-refractivity contribution in [1.29, 1.82) is 0 Å². The molecule has 0 spiro atoms. The van der Waals surface area contributed by atoms with Crippen molar-refractivity contribution in [3.05, 3.63) is 60.8 Å². The molecule has 6 heteroatoms. The normalized spacial score (nSPS) is 12.5. The maximum Gasteiger partial charge on any atom is 0.306 e. The zero-order chi connectivity index (χ0) is 47.2. The van der Waals surface area contributed by atoms with Crippen LogP contribution in [-0.2, 0) is 28.6 Å². The van der Waals surface area contributed by atoms with Crippen LogP contribution >= 0.6 is 0 Å². The molecule has 0 saturated heterocycles. The number of hydrogen-bond donors (Lipinski definition) is 0.